The van der Waals surface area contributed by atoms with E-state index in [1.165, 1.54) is 17.6 Å². The molecule has 0 N–H and O–H groups in total. The number of ether oxygens (including phenoxy) is 1. The van der Waals surface area contributed by atoms with E-state index in [9.17, 15) is 18.0 Å². The average molecular weight is 455 g/mol. The van der Waals surface area contributed by atoms with Gasteiger partial charge in [-0.3, -0.25) is 4.79 Å². The minimum atomic E-state index is -1.31. The third kappa shape index (κ3) is 6.21. The zero-order valence-corrected chi connectivity index (χ0v) is 18.2. The molecule has 168 valence electrons. The van der Waals surface area contributed by atoms with Gasteiger partial charge in [-0.15, -0.1) is 0 Å². The molecule has 2 aromatic carbocycles. The molecular weight excluding hydrogens is 429 g/mol. The molecule has 1 saturated heterocycles. The van der Waals surface area contributed by atoms with Gasteiger partial charge in [0.1, 0.15) is 5.82 Å². The summed E-state index contributed by atoms with van der Waals surface area (Å²) >= 11 is 5.92. The van der Waals surface area contributed by atoms with Crippen molar-refractivity contribution in [2.75, 3.05) is 39.9 Å². The number of carbonyl (C=O) groups excluding carboxylic acids is 1. The molecule has 3 rings (SSSR count). The predicted molar refractivity (Wildman–Crippen MR) is 114 cm³/mol. The lowest BCUT2D eigenvalue weighted by Crippen LogP contribution is -2.49. The second-order valence-electron chi connectivity index (χ2n) is 7.69. The topological polar surface area (TPSA) is 32.8 Å². The Morgan fingerprint density at radius 1 is 1.10 bits per heavy atom. The van der Waals surface area contributed by atoms with Crippen LogP contribution in [-0.4, -0.2) is 61.6 Å². The molecule has 8 heteroatoms. The fraction of sp³-hybridized carbons (Fsp3) is 0.435. The molecule has 1 heterocycles. The lowest BCUT2D eigenvalue weighted by Gasteiger charge is -2.38. The molecule has 4 nitrogen and oxygen atoms in total. The molecule has 1 fully saturated rings. The Hall–Kier alpha value is -2.09. The van der Waals surface area contributed by atoms with Gasteiger partial charge in [0.2, 0.25) is 0 Å². The highest BCUT2D eigenvalue weighted by Crippen LogP contribution is 2.22. The fourth-order valence-electron chi connectivity index (χ4n) is 3.87. The van der Waals surface area contributed by atoms with Gasteiger partial charge in [0.25, 0.3) is 5.91 Å². The highest BCUT2D eigenvalue weighted by molar-refractivity contribution is 6.30. The van der Waals surface area contributed by atoms with Crippen molar-refractivity contribution in [2.45, 2.75) is 25.3 Å². The zero-order chi connectivity index (χ0) is 22.4. The molecule has 0 aromatic heterocycles. The molecule has 0 bridgehead atoms. The molecule has 0 radical (unpaired) electrons. The van der Waals surface area contributed by atoms with E-state index < -0.39 is 28.9 Å². The van der Waals surface area contributed by atoms with Gasteiger partial charge in [-0.2, -0.15) is 0 Å². The van der Waals surface area contributed by atoms with Gasteiger partial charge in [-0.25, -0.2) is 13.2 Å². The molecule has 0 atom stereocenters. The first-order valence-corrected chi connectivity index (χ1v) is 10.7. The quantitative estimate of drug-likeness (QED) is 0.548. The van der Waals surface area contributed by atoms with E-state index in [1.54, 1.807) is 0 Å². The first kappa shape index (κ1) is 23.6. The van der Waals surface area contributed by atoms with Gasteiger partial charge >= 0.3 is 0 Å². The molecule has 0 spiro atoms. The molecule has 0 aliphatic carbocycles. The molecule has 1 aliphatic heterocycles. The Bertz CT molecular complexity index is 887. The van der Waals surface area contributed by atoms with Crippen molar-refractivity contribution in [2.24, 2.45) is 0 Å². The van der Waals surface area contributed by atoms with Crippen LogP contribution < -0.4 is 0 Å². The van der Waals surface area contributed by atoms with Gasteiger partial charge in [0.05, 0.1) is 12.2 Å². The van der Waals surface area contributed by atoms with Gasteiger partial charge in [-0.1, -0.05) is 23.7 Å². The highest BCUT2D eigenvalue weighted by atomic mass is 35.5. The number of nitrogens with zero attached hydrogens (tertiary/aromatic N) is 2. The second kappa shape index (κ2) is 11.0. The number of amides is 1. The summed E-state index contributed by atoms with van der Waals surface area (Å²) in [7, 11) is 1.51. The lowest BCUT2D eigenvalue weighted by molar-refractivity contribution is 0.0481. The summed E-state index contributed by atoms with van der Waals surface area (Å²) in [6.07, 6.45) is 2.32. The Morgan fingerprint density at radius 3 is 2.39 bits per heavy atom. The van der Waals surface area contributed by atoms with Crippen LogP contribution in [0.4, 0.5) is 13.2 Å². The summed E-state index contributed by atoms with van der Waals surface area (Å²) in [6, 6.07) is 8.69. The second-order valence-corrected chi connectivity index (χ2v) is 8.12. The van der Waals surface area contributed by atoms with Crippen molar-refractivity contribution in [3.63, 3.8) is 0 Å². The number of likely N-dealkylation sites (tertiary alicyclic amines) is 1. The smallest absolute Gasteiger partial charge is 0.257 e. The summed E-state index contributed by atoms with van der Waals surface area (Å²) in [5.74, 6) is -4.26. The van der Waals surface area contributed by atoms with E-state index in [4.69, 9.17) is 16.3 Å². The third-order valence-electron chi connectivity index (χ3n) is 5.67. The summed E-state index contributed by atoms with van der Waals surface area (Å²) in [6.45, 7) is 2.99. The van der Waals surface area contributed by atoms with Crippen molar-refractivity contribution in [3.8, 4) is 0 Å². The number of piperidine rings is 1. The lowest BCUT2D eigenvalue weighted by atomic mass is 10.0. The maximum Gasteiger partial charge on any atom is 0.257 e. The Labute approximate surface area is 185 Å². The van der Waals surface area contributed by atoms with E-state index in [0.717, 1.165) is 26.1 Å². The van der Waals surface area contributed by atoms with Crippen LogP contribution in [0.2, 0.25) is 5.02 Å². The Morgan fingerprint density at radius 2 is 1.74 bits per heavy atom. The van der Waals surface area contributed by atoms with Crippen LogP contribution >= 0.6 is 11.6 Å². The Kier molecular flexibility index (Phi) is 8.35. The number of hydrogen-bond donors (Lipinski definition) is 0. The molecule has 2 aromatic rings. The highest BCUT2D eigenvalue weighted by Gasteiger charge is 2.30. The zero-order valence-electron chi connectivity index (χ0n) is 17.4. The van der Waals surface area contributed by atoms with Crippen molar-refractivity contribution in [1.82, 2.24) is 9.80 Å². The van der Waals surface area contributed by atoms with Gasteiger partial charge in [0, 0.05) is 50.4 Å². The standard InChI is InChI=1S/C23H26ClF3N2O2/c1-31-13-12-29(23(30)19-14-21(26)22(27)15-20(19)25)18-7-10-28(11-8-18)9-6-16-2-4-17(24)5-3-16/h2-5,14-15,18H,6-13H2,1H3. The number of hydrogen-bond acceptors (Lipinski definition) is 3. The van der Waals surface area contributed by atoms with Crippen LogP contribution in [0.3, 0.4) is 0 Å². The average Bonchev–Trinajstić information content (AvgIpc) is 2.77. The minimum Gasteiger partial charge on any atom is -0.383 e. The monoisotopic (exact) mass is 454 g/mol. The van der Waals surface area contributed by atoms with Gasteiger partial charge in [0.15, 0.2) is 11.6 Å². The molecule has 1 amide bonds. The number of methoxy groups -OCH3 is 1. The van der Waals surface area contributed by atoms with E-state index in [0.29, 0.717) is 30.0 Å². The van der Waals surface area contributed by atoms with Crippen LogP contribution in [0.5, 0.6) is 0 Å². The van der Waals surface area contributed by atoms with Crippen molar-refractivity contribution < 1.29 is 22.7 Å². The summed E-state index contributed by atoms with van der Waals surface area (Å²) in [4.78, 5) is 16.8. The van der Waals surface area contributed by atoms with Gasteiger partial charge < -0.3 is 14.5 Å². The molecular formula is C23H26ClF3N2O2. The molecule has 0 saturated carbocycles. The first-order valence-electron chi connectivity index (χ1n) is 10.3. The van der Waals surface area contributed by atoms with Crippen LogP contribution in [0.1, 0.15) is 28.8 Å². The number of carbonyl (C=O) groups is 1. The fourth-order valence-corrected chi connectivity index (χ4v) is 4.00. The van der Waals surface area contributed by atoms with Crippen molar-refractivity contribution in [1.29, 1.82) is 0 Å². The molecule has 0 unspecified atom stereocenters. The third-order valence-corrected chi connectivity index (χ3v) is 5.92. The van der Waals surface area contributed by atoms with Crippen molar-refractivity contribution in [3.05, 3.63) is 70.0 Å². The van der Waals surface area contributed by atoms with E-state index in [-0.39, 0.29) is 19.2 Å². The maximum atomic E-state index is 14.2. The molecule has 1 aliphatic rings. The van der Waals surface area contributed by atoms with E-state index >= 15 is 0 Å². The molecule has 31 heavy (non-hydrogen) atoms. The number of halogens is 4. The largest absolute Gasteiger partial charge is 0.383 e. The van der Waals surface area contributed by atoms with E-state index in [2.05, 4.69) is 4.90 Å². The van der Waals surface area contributed by atoms with Crippen LogP contribution in [0.15, 0.2) is 36.4 Å². The van der Waals surface area contributed by atoms with Crippen LogP contribution in [-0.2, 0) is 11.2 Å². The maximum absolute atomic E-state index is 14.2. The van der Waals surface area contributed by atoms with E-state index in [1.807, 2.05) is 24.3 Å². The minimum absolute atomic E-state index is 0.123. The predicted octanol–water partition coefficient (Wildman–Crippen LogP) is 4.55. The SMILES string of the molecule is COCCN(C(=O)c1cc(F)c(F)cc1F)C1CCN(CCc2ccc(Cl)cc2)CC1. The Balaban J connectivity index is 1.62. The summed E-state index contributed by atoms with van der Waals surface area (Å²) < 4.78 is 46.2. The summed E-state index contributed by atoms with van der Waals surface area (Å²) in [5.41, 5.74) is 0.748. The van der Waals surface area contributed by atoms with Crippen LogP contribution in [0.25, 0.3) is 0 Å². The van der Waals surface area contributed by atoms with Crippen LogP contribution in [0, 0.1) is 17.5 Å². The van der Waals surface area contributed by atoms with Crippen molar-refractivity contribution >= 4 is 17.5 Å². The number of benzene rings is 2. The number of rotatable bonds is 8. The summed E-state index contributed by atoms with van der Waals surface area (Å²) in [5, 5.41) is 0.711. The normalized spacial score (nSPS) is 15.3. The van der Waals surface area contributed by atoms with Gasteiger partial charge in [-0.05, 0) is 43.0 Å². The first-order chi connectivity index (χ1) is 14.9.